The van der Waals surface area contributed by atoms with Crippen LogP contribution in [0.25, 0.3) is 0 Å². The highest BCUT2D eigenvalue weighted by Crippen LogP contribution is 2.28. The van der Waals surface area contributed by atoms with E-state index in [-0.39, 0.29) is 22.6 Å². The topological polar surface area (TPSA) is 78.7 Å². The summed E-state index contributed by atoms with van der Waals surface area (Å²) in [5.74, 6) is 0.651. The zero-order valence-corrected chi connectivity index (χ0v) is 16.3. The summed E-state index contributed by atoms with van der Waals surface area (Å²) in [6, 6.07) is 6.98. The minimum absolute atomic E-state index is 0.105. The Morgan fingerprint density at radius 1 is 1.19 bits per heavy atom. The van der Waals surface area contributed by atoms with Crippen molar-refractivity contribution in [3.8, 4) is 0 Å². The van der Waals surface area contributed by atoms with Gasteiger partial charge in [0, 0.05) is 38.3 Å². The lowest BCUT2D eigenvalue weighted by Crippen LogP contribution is -2.55. The van der Waals surface area contributed by atoms with Crippen LogP contribution < -0.4 is 10.2 Å². The molecular formula is C20H30N4O3. The molecule has 1 aliphatic carbocycles. The van der Waals surface area contributed by atoms with E-state index in [0.29, 0.717) is 30.7 Å². The molecule has 0 aromatic heterocycles. The molecule has 7 heteroatoms. The van der Waals surface area contributed by atoms with Crippen LogP contribution in [0.5, 0.6) is 0 Å². The first-order chi connectivity index (χ1) is 13.0. The molecule has 3 atom stereocenters. The van der Waals surface area contributed by atoms with Crippen molar-refractivity contribution < 1.29 is 9.72 Å². The molecule has 1 saturated heterocycles. The standard InChI is InChI=1S/C20H30N4O3/c1-15-7-3-4-8-17(15)21-20(25)16(2)22-11-13-23(14-12-22)18-9-5-6-10-19(18)24(26)27/h5-6,9-10,15-17H,3-4,7-8,11-14H2,1-2H3,(H,21,25). The predicted molar refractivity (Wildman–Crippen MR) is 106 cm³/mol. The van der Waals surface area contributed by atoms with Crippen LogP contribution in [0.15, 0.2) is 24.3 Å². The number of hydrogen-bond donors (Lipinski definition) is 1. The van der Waals surface area contributed by atoms with Crippen LogP contribution in [0.3, 0.4) is 0 Å². The lowest BCUT2D eigenvalue weighted by atomic mass is 9.86. The van der Waals surface area contributed by atoms with Gasteiger partial charge in [-0.25, -0.2) is 0 Å². The van der Waals surface area contributed by atoms with E-state index in [1.807, 2.05) is 17.9 Å². The summed E-state index contributed by atoms with van der Waals surface area (Å²) in [6.45, 7) is 7.00. The van der Waals surface area contributed by atoms with Gasteiger partial charge in [0.15, 0.2) is 0 Å². The summed E-state index contributed by atoms with van der Waals surface area (Å²) in [5.41, 5.74) is 0.804. The van der Waals surface area contributed by atoms with Crippen molar-refractivity contribution in [2.45, 2.75) is 51.6 Å². The molecule has 2 fully saturated rings. The zero-order chi connectivity index (χ0) is 19.4. The number of rotatable bonds is 5. The number of hydrogen-bond acceptors (Lipinski definition) is 5. The lowest BCUT2D eigenvalue weighted by molar-refractivity contribution is -0.384. The number of amides is 1. The quantitative estimate of drug-likeness (QED) is 0.633. The second-order valence-electron chi connectivity index (χ2n) is 7.82. The fraction of sp³-hybridized carbons (Fsp3) is 0.650. The van der Waals surface area contributed by atoms with Gasteiger partial charge < -0.3 is 10.2 Å². The highest BCUT2D eigenvalue weighted by molar-refractivity contribution is 5.81. The summed E-state index contributed by atoms with van der Waals surface area (Å²) in [5, 5.41) is 14.5. The highest BCUT2D eigenvalue weighted by Gasteiger charge is 2.30. The third kappa shape index (κ3) is 4.58. The summed E-state index contributed by atoms with van der Waals surface area (Å²) in [6.07, 6.45) is 4.72. The van der Waals surface area contributed by atoms with Crippen molar-refractivity contribution in [3.63, 3.8) is 0 Å². The van der Waals surface area contributed by atoms with Gasteiger partial charge in [-0.2, -0.15) is 0 Å². The Bertz CT molecular complexity index is 673. The van der Waals surface area contributed by atoms with Crippen LogP contribution in [0, 0.1) is 16.0 Å². The molecule has 1 aromatic carbocycles. The molecule has 1 heterocycles. The van der Waals surface area contributed by atoms with Gasteiger partial charge in [-0.05, 0) is 31.7 Å². The largest absolute Gasteiger partial charge is 0.363 e. The monoisotopic (exact) mass is 374 g/mol. The number of carbonyl (C=O) groups excluding carboxylic acids is 1. The fourth-order valence-corrected chi connectivity index (χ4v) is 4.24. The average molecular weight is 374 g/mol. The van der Waals surface area contributed by atoms with Crippen molar-refractivity contribution in [2.75, 3.05) is 31.1 Å². The van der Waals surface area contributed by atoms with E-state index in [1.165, 1.54) is 19.3 Å². The minimum atomic E-state index is -0.330. The summed E-state index contributed by atoms with van der Waals surface area (Å²) < 4.78 is 0. The normalized spacial score (nSPS) is 25.0. The van der Waals surface area contributed by atoms with Crippen LogP contribution in [-0.4, -0.2) is 54.0 Å². The summed E-state index contributed by atoms with van der Waals surface area (Å²) >= 11 is 0. The SMILES string of the molecule is CC1CCCCC1NC(=O)C(C)N1CCN(c2ccccc2[N+](=O)[O-])CC1. The first-order valence-corrected chi connectivity index (χ1v) is 10.00. The van der Waals surface area contributed by atoms with Gasteiger partial charge in [0.25, 0.3) is 5.69 Å². The first-order valence-electron chi connectivity index (χ1n) is 10.00. The van der Waals surface area contributed by atoms with Gasteiger partial charge in [-0.3, -0.25) is 19.8 Å². The van der Waals surface area contributed by atoms with Crippen LogP contribution in [0.4, 0.5) is 11.4 Å². The molecule has 1 amide bonds. The molecule has 1 aromatic rings. The average Bonchev–Trinajstić information content (AvgIpc) is 2.69. The number of nitro groups is 1. The zero-order valence-electron chi connectivity index (χ0n) is 16.3. The Labute approximate surface area is 160 Å². The van der Waals surface area contributed by atoms with Gasteiger partial charge in [0.1, 0.15) is 5.69 Å². The number of nitrogens with one attached hydrogen (secondary N) is 1. The Morgan fingerprint density at radius 2 is 1.85 bits per heavy atom. The van der Waals surface area contributed by atoms with Crippen LogP contribution in [-0.2, 0) is 4.79 Å². The minimum Gasteiger partial charge on any atom is -0.363 e. The highest BCUT2D eigenvalue weighted by atomic mass is 16.6. The van der Waals surface area contributed by atoms with E-state index in [2.05, 4.69) is 17.1 Å². The predicted octanol–water partition coefficient (Wildman–Crippen LogP) is 2.80. The van der Waals surface area contributed by atoms with E-state index in [0.717, 1.165) is 19.5 Å². The molecule has 0 bridgehead atoms. The van der Waals surface area contributed by atoms with E-state index in [9.17, 15) is 14.9 Å². The molecule has 148 valence electrons. The number of nitrogens with zero attached hydrogens (tertiary/aromatic N) is 3. The van der Waals surface area contributed by atoms with Crippen molar-refractivity contribution in [1.29, 1.82) is 0 Å². The first kappa shape index (κ1) is 19.6. The molecule has 27 heavy (non-hydrogen) atoms. The molecule has 7 nitrogen and oxygen atoms in total. The van der Waals surface area contributed by atoms with Gasteiger partial charge in [0.05, 0.1) is 11.0 Å². The maximum atomic E-state index is 12.7. The third-order valence-corrected chi connectivity index (χ3v) is 6.10. The van der Waals surface area contributed by atoms with Crippen molar-refractivity contribution in [2.24, 2.45) is 5.92 Å². The molecule has 1 aliphatic heterocycles. The Morgan fingerprint density at radius 3 is 2.52 bits per heavy atom. The molecule has 1 saturated carbocycles. The van der Waals surface area contributed by atoms with E-state index < -0.39 is 0 Å². The Hall–Kier alpha value is -2.15. The molecule has 0 spiro atoms. The number of benzene rings is 1. The number of piperazine rings is 1. The lowest BCUT2D eigenvalue weighted by Gasteiger charge is -2.39. The summed E-state index contributed by atoms with van der Waals surface area (Å²) in [7, 11) is 0. The third-order valence-electron chi connectivity index (χ3n) is 6.10. The number of para-hydroxylation sites is 2. The maximum absolute atomic E-state index is 12.7. The maximum Gasteiger partial charge on any atom is 0.292 e. The smallest absolute Gasteiger partial charge is 0.292 e. The second-order valence-corrected chi connectivity index (χ2v) is 7.82. The molecule has 0 radical (unpaired) electrons. The van der Waals surface area contributed by atoms with Gasteiger partial charge in [-0.15, -0.1) is 0 Å². The Balaban J connectivity index is 1.55. The van der Waals surface area contributed by atoms with E-state index in [4.69, 9.17) is 0 Å². The van der Waals surface area contributed by atoms with E-state index in [1.54, 1.807) is 18.2 Å². The van der Waals surface area contributed by atoms with E-state index >= 15 is 0 Å². The molecular weight excluding hydrogens is 344 g/mol. The summed E-state index contributed by atoms with van der Waals surface area (Å²) in [4.78, 5) is 27.8. The number of anilines is 1. The van der Waals surface area contributed by atoms with Crippen molar-refractivity contribution in [3.05, 3.63) is 34.4 Å². The van der Waals surface area contributed by atoms with Crippen LogP contribution >= 0.6 is 0 Å². The molecule has 3 unspecified atom stereocenters. The second kappa shape index (κ2) is 8.69. The van der Waals surface area contributed by atoms with Crippen molar-refractivity contribution >= 4 is 17.3 Å². The van der Waals surface area contributed by atoms with Gasteiger partial charge in [0.2, 0.25) is 5.91 Å². The molecule has 3 rings (SSSR count). The van der Waals surface area contributed by atoms with Crippen molar-refractivity contribution in [1.82, 2.24) is 10.2 Å². The molecule has 1 N–H and O–H groups in total. The fourth-order valence-electron chi connectivity index (χ4n) is 4.24. The van der Waals surface area contributed by atoms with Gasteiger partial charge in [-0.1, -0.05) is 31.9 Å². The number of carbonyl (C=O) groups is 1. The van der Waals surface area contributed by atoms with Gasteiger partial charge >= 0.3 is 0 Å². The number of nitro benzene ring substituents is 1. The van der Waals surface area contributed by atoms with Crippen LogP contribution in [0.2, 0.25) is 0 Å². The Kier molecular flexibility index (Phi) is 6.31. The van der Waals surface area contributed by atoms with Crippen LogP contribution in [0.1, 0.15) is 39.5 Å². The molecule has 2 aliphatic rings.